The van der Waals surface area contributed by atoms with Crippen LogP contribution in [0.5, 0.6) is 34.5 Å². The maximum Gasteiger partial charge on any atom is 0.329 e. The Morgan fingerprint density at radius 2 is 0.624 bits per heavy atom. The van der Waals surface area contributed by atoms with Crippen LogP contribution in [0.1, 0.15) is 265 Å². The average Bonchev–Trinajstić information content (AvgIpc) is 0.787. The molecule has 6 unspecified atom stereocenters. The molecule has 40 heteroatoms. The van der Waals surface area contributed by atoms with Gasteiger partial charge in [0.25, 0.3) is 0 Å². The number of ether oxygens (including phenoxy) is 14. The van der Waals surface area contributed by atoms with Crippen molar-refractivity contribution in [1.29, 1.82) is 0 Å². The maximum absolute atomic E-state index is 15.2. The summed E-state index contributed by atoms with van der Waals surface area (Å²) < 4.78 is 109. The molecule has 2 saturated heterocycles. The predicted molar refractivity (Wildman–Crippen MR) is 437 cm³/mol. The molecule has 2 heterocycles. The van der Waals surface area contributed by atoms with Crippen molar-refractivity contribution in [2.24, 2.45) is 17.4 Å². The van der Waals surface area contributed by atoms with Gasteiger partial charge in [0.15, 0.2) is 71.1 Å². The van der Waals surface area contributed by atoms with E-state index < -0.39 is 221 Å². The van der Waals surface area contributed by atoms with E-state index in [-0.39, 0.29) is 107 Å². The highest BCUT2D eigenvalue weighted by atomic mass is 35.5. The summed E-state index contributed by atoms with van der Waals surface area (Å²) >= 11 is 6.51. The van der Waals surface area contributed by atoms with Crippen LogP contribution in [0.25, 0.3) is 0 Å². The zero-order valence-corrected chi connectivity index (χ0v) is 73.5. The smallest absolute Gasteiger partial charge is 0.329 e. The summed E-state index contributed by atoms with van der Waals surface area (Å²) in [4.78, 5) is 152. The van der Waals surface area contributed by atoms with Gasteiger partial charge in [-0.2, -0.15) is 0 Å². The first-order valence-electron chi connectivity index (χ1n) is 41.9. The largest absolute Gasteiger partial charge is 0.504 e. The molecule has 3 fully saturated rings. The minimum absolute atomic E-state index is 0.00923. The summed E-state index contributed by atoms with van der Waals surface area (Å²) in [5.74, 6) is 0.116. The lowest BCUT2D eigenvalue weighted by Gasteiger charge is -2.41. The molecule has 0 bridgehead atoms. The second kappa shape index (κ2) is 52.8. The van der Waals surface area contributed by atoms with E-state index in [1.54, 1.807) is 62.3 Å². The van der Waals surface area contributed by atoms with Crippen molar-refractivity contribution in [2.75, 3.05) is 13.2 Å². The average molecular weight is 1800 g/mol. The molecule has 1 aliphatic carbocycles. The third-order valence-corrected chi connectivity index (χ3v) is 20.1. The van der Waals surface area contributed by atoms with Crippen LogP contribution >= 0.6 is 11.6 Å². The summed E-state index contributed by atoms with van der Waals surface area (Å²) in [7, 11) is 0. The molecule has 18 atom stereocenters. The maximum atomic E-state index is 15.2. The van der Waals surface area contributed by atoms with Crippen molar-refractivity contribution in [3.8, 4) is 34.5 Å². The molecular weight excluding hydrogens is 1680 g/mol. The molecule has 702 valence electrons. The van der Waals surface area contributed by atoms with Crippen LogP contribution in [-0.4, -0.2) is 206 Å². The number of esters is 12. The van der Waals surface area contributed by atoms with Crippen molar-refractivity contribution in [3.63, 3.8) is 0 Å². The van der Waals surface area contributed by atoms with Crippen LogP contribution in [0.4, 0.5) is 8.78 Å². The number of alkyl halides is 3. The first-order valence-corrected chi connectivity index (χ1v) is 42.4. The van der Waals surface area contributed by atoms with E-state index in [9.17, 15) is 88.2 Å². The Labute approximate surface area is 729 Å². The molecule has 3 aliphatic rings. The molecule has 2 aliphatic heterocycles. The number of hydrogen-bond donors (Lipinski definition) is 11. The van der Waals surface area contributed by atoms with Crippen molar-refractivity contribution >= 4 is 83.2 Å². The number of carbonyl (C=O) groups excluding carboxylic acids is 12. The number of halogens is 3. The lowest BCUT2D eigenvalue weighted by molar-refractivity contribution is -0.277. The summed E-state index contributed by atoms with van der Waals surface area (Å²) in [6.07, 6.45) is -15.7. The van der Waals surface area contributed by atoms with Crippen LogP contribution < -0.4 is 28.3 Å². The fourth-order valence-corrected chi connectivity index (χ4v) is 13.2. The van der Waals surface area contributed by atoms with E-state index in [1.165, 1.54) is 51.1 Å². The van der Waals surface area contributed by atoms with Gasteiger partial charge < -0.3 is 103 Å². The van der Waals surface area contributed by atoms with Crippen LogP contribution in [0, 0.1) is 0 Å². The van der Waals surface area contributed by atoms with E-state index in [0.717, 1.165) is 24.3 Å². The van der Waals surface area contributed by atoms with Crippen molar-refractivity contribution < 1.29 is 163 Å². The molecule has 125 heavy (non-hydrogen) atoms. The number of nitrogens with two attached hydrogens (primary N) is 3. The van der Waals surface area contributed by atoms with Crippen LogP contribution in [0.2, 0.25) is 0 Å². The molecule has 1 saturated carbocycles. The van der Waals surface area contributed by atoms with Gasteiger partial charge in [-0.25, -0.2) is 34.0 Å². The molecule has 0 spiro atoms. The minimum atomic E-state index is -1.94. The molecule has 3 aromatic carbocycles. The van der Waals surface area contributed by atoms with Gasteiger partial charge >= 0.3 is 71.6 Å². The highest BCUT2D eigenvalue weighted by molar-refractivity contribution is 6.21. The summed E-state index contributed by atoms with van der Waals surface area (Å²) in [5.41, 5.74) is 5.79. The fraction of sp³-hybridized carbons (Fsp3) is 0.647. The summed E-state index contributed by atoms with van der Waals surface area (Å²) in [6.45, 7) is 19.2. The van der Waals surface area contributed by atoms with Crippen molar-refractivity contribution in [2.45, 2.75) is 339 Å². The van der Waals surface area contributed by atoms with Gasteiger partial charge in [-0.15, -0.1) is 11.6 Å². The first kappa shape index (κ1) is 107. The Morgan fingerprint density at radius 3 is 0.944 bits per heavy atom. The Balaban J connectivity index is 0.000000393. The van der Waals surface area contributed by atoms with Crippen LogP contribution in [0.3, 0.4) is 0 Å². The number of aromatic hydroxyl groups is 6. The van der Waals surface area contributed by atoms with Crippen LogP contribution in [-0.2, 0) is 124 Å². The van der Waals surface area contributed by atoms with Crippen LogP contribution in [0.15, 0.2) is 54.6 Å². The van der Waals surface area contributed by atoms with Gasteiger partial charge in [-0.05, 0) is 151 Å². The number of nitrogens with one attached hydrogen (secondary N) is 2. The zero-order chi connectivity index (χ0) is 93.6. The highest BCUT2D eigenvalue weighted by Crippen LogP contribution is 2.41. The zero-order valence-electron chi connectivity index (χ0n) is 72.7. The standard InChI is InChI=1S/C29H43FN2O10.C28H41ClN2O11.C28H40FNO11/c1-5-8-23(35)39-21-13-14-22(27(42-25(37)10-7-3)26(21)41-24(36)9-6-2)40-28(38)29(4,32-31)16-18(30)17-11-12-19(33)20(34)15-17;1-5-8-21(34)39-20-15-38-26(25(41-23(36)10-7-3)24(20)40-22(35)9-6-2)42-27(37)28(4,31-30)14-17(29)16-11-12-18(32)19(33)13-16;1-5-8-21(33)38-20-15-37-26(25(40-23(35)10-7-3)24(20)39-22(34)9-6-2)41-27(36)28(4,30)14-17(29)16-11-12-18(31)19(32)13-16/h11-12,15,18,21-22,26-27,32-34H,5-10,13-14,16,31H2,1-4H3;11-13,17,20,24-26,31-33H,5-10,14-15,30H2,1-4H3;11-13,17,20,24-26,31-32H,5-10,14-15,30H2,1-4H3/t18?,21-,22?,26+,27+,29+;2*17?,20-,24+,25-,26?,28+/m111/s1. The first-order chi connectivity index (χ1) is 59.1. The van der Waals surface area contributed by atoms with Gasteiger partial charge in [0.1, 0.15) is 41.2 Å². The topological polar surface area (TPSA) is 558 Å². The lowest BCUT2D eigenvalue weighted by Crippen LogP contribution is -2.61. The van der Waals surface area contributed by atoms with Gasteiger partial charge in [-0.3, -0.25) is 54.8 Å². The number of carbonyl (C=O) groups is 12. The van der Waals surface area contributed by atoms with E-state index >= 15 is 8.78 Å². The Kier molecular flexibility index (Phi) is 45.3. The number of hydrogen-bond acceptors (Lipinski definition) is 37. The Morgan fingerprint density at radius 1 is 0.368 bits per heavy atom. The third-order valence-electron chi connectivity index (χ3n) is 19.7. The van der Waals surface area contributed by atoms with Crippen molar-refractivity contribution in [1.82, 2.24) is 10.9 Å². The van der Waals surface area contributed by atoms with Gasteiger partial charge in [0, 0.05) is 70.6 Å². The van der Waals surface area contributed by atoms with E-state index in [4.69, 9.17) is 95.3 Å². The van der Waals surface area contributed by atoms with Gasteiger partial charge in [0.05, 0.1) is 18.6 Å². The molecule has 0 aromatic heterocycles. The number of rotatable bonds is 44. The fourth-order valence-electron chi connectivity index (χ4n) is 12.7. The normalized spacial score (nSPS) is 22.4. The SMILES string of the molecule is CCCC(=O)O[C@H]1[C@H](OC(=O)CCC)CCC(OC(=O)[C@](C)(CC(F)c2ccc(O)c(O)c2)NN)[C@@H]1OC(=O)CCC.CCCC(=O)O[C@H]1[C@H](OC(=O)CCC)COC(OC(=O)[C@@](C)(N)CC(F)c2ccc(O)c(O)c2)[C@@H]1OC(=O)CCC.CCCC(=O)O[C@H]1[C@H](OC(=O)CCC)COC(OC(=O)[C@](C)(CC(Cl)c2ccc(O)c(O)c2)NN)[C@@H]1OC(=O)CCC. The molecular formula is C85H124ClF2N5O32. The molecule has 0 amide bonds. The predicted octanol–water partition coefficient (Wildman–Crippen LogP) is 9.84. The third kappa shape index (κ3) is 33.7. The number of benzene rings is 3. The quantitative estimate of drug-likeness (QED) is 0.00626. The lowest BCUT2D eigenvalue weighted by atomic mass is 9.88. The van der Waals surface area contributed by atoms with Gasteiger partial charge in [-0.1, -0.05) is 80.5 Å². The van der Waals surface area contributed by atoms with Gasteiger partial charge in [0.2, 0.25) is 24.8 Å². The number of phenols is 6. The Hall–Kier alpha value is -10.0. The minimum Gasteiger partial charge on any atom is -0.504 e. The molecule has 37 nitrogen and oxygen atoms in total. The molecule has 0 radical (unpaired) electrons. The summed E-state index contributed by atoms with van der Waals surface area (Å²) in [6, 6.07) is 10.7. The second-order valence-electron chi connectivity index (χ2n) is 30.9. The van der Waals surface area contributed by atoms with E-state index in [1.807, 2.05) is 0 Å². The van der Waals surface area contributed by atoms with E-state index in [0.29, 0.717) is 63.4 Å². The molecule has 6 rings (SSSR count). The second-order valence-corrected chi connectivity index (χ2v) is 31.5. The number of phenolic OH excluding ortho intramolecular Hbond substituents is 6. The molecule has 3 aromatic rings. The highest BCUT2D eigenvalue weighted by Gasteiger charge is 2.55. The van der Waals surface area contributed by atoms with Crippen molar-refractivity contribution in [3.05, 3.63) is 71.3 Å². The monoisotopic (exact) mass is 1800 g/mol. The number of hydrazine groups is 2. The van der Waals surface area contributed by atoms with E-state index in [2.05, 4.69) is 10.9 Å². The Bertz CT molecular complexity index is 3870. The summed E-state index contributed by atoms with van der Waals surface area (Å²) in [5, 5.41) is 56.9. The molecule has 14 N–H and O–H groups in total.